The Kier molecular flexibility index (Phi) is 5.46. The predicted octanol–water partition coefficient (Wildman–Crippen LogP) is 0.0782. The lowest BCUT2D eigenvalue weighted by atomic mass is 10.2. The van der Waals surface area contributed by atoms with Gasteiger partial charge in [-0.25, -0.2) is 4.98 Å². The van der Waals surface area contributed by atoms with E-state index in [4.69, 9.17) is 9.84 Å². The number of carbonyl (C=O) groups is 3. The van der Waals surface area contributed by atoms with Crippen molar-refractivity contribution in [2.24, 2.45) is 0 Å². The third kappa shape index (κ3) is 4.41. The number of carboxylic acid groups (broad SMARTS) is 1. The molecule has 2 amide bonds. The number of carbonyl (C=O) groups excluding carboxylic acids is 2. The topological polar surface area (TPSA) is 142 Å². The highest BCUT2D eigenvalue weighted by Gasteiger charge is 2.15. The summed E-state index contributed by atoms with van der Waals surface area (Å²) in [6.07, 6.45) is 1.20. The van der Waals surface area contributed by atoms with Gasteiger partial charge in [0.15, 0.2) is 0 Å². The average molecular weight is 346 g/mol. The minimum atomic E-state index is -1.29. The van der Waals surface area contributed by atoms with Crippen molar-refractivity contribution in [3.8, 4) is 5.75 Å². The first kappa shape index (κ1) is 17.7. The minimum absolute atomic E-state index is 0.143. The quantitative estimate of drug-likeness (QED) is 0.603. The van der Waals surface area contributed by atoms with Crippen LogP contribution in [0.15, 0.2) is 35.3 Å². The SMILES string of the molecule is COc1ccc(C(=O)Nc2ncc(N(C=O)CC(=O)O)c(=O)[nH]2)cc1. The van der Waals surface area contributed by atoms with E-state index in [1.165, 1.54) is 19.2 Å². The number of aromatic nitrogens is 2. The third-order valence-electron chi connectivity index (χ3n) is 3.11. The van der Waals surface area contributed by atoms with Crippen LogP contribution in [-0.4, -0.2) is 47.0 Å². The molecule has 0 unspecified atom stereocenters. The van der Waals surface area contributed by atoms with Gasteiger partial charge in [0.25, 0.3) is 11.5 Å². The number of nitrogens with zero attached hydrogens (tertiary/aromatic N) is 2. The highest BCUT2D eigenvalue weighted by Crippen LogP contribution is 2.12. The normalized spacial score (nSPS) is 9.96. The molecule has 0 atom stereocenters. The Labute approximate surface area is 141 Å². The van der Waals surface area contributed by atoms with E-state index < -0.39 is 24.0 Å². The lowest BCUT2D eigenvalue weighted by molar-refractivity contribution is -0.136. The molecule has 130 valence electrons. The second-order valence-corrected chi connectivity index (χ2v) is 4.76. The molecule has 0 saturated heterocycles. The summed E-state index contributed by atoms with van der Waals surface area (Å²) in [4.78, 5) is 52.4. The second kappa shape index (κ2) is 7.73. The van der Waals surface area contributed by atoms with Crippen LogP contribution in [0.4, 0.5) is 11.6 Å². The number of amides is 2. The Hall–Kier alpha value is -3.69. The molecule has 0 radical (unpaired) electrons. The summed E-state index contributed by atoms with van der Waals surface area (Å²) in [6.45, 7) is -0.689. The molecule has 1 aromatic heterocycles. The molecule has 3 N–H and O–H groups in total. The number of aliphatic carboxylic acids is 1. The van der Waals surface area contributed by atoms with Gasteiger partial charge in [0.2, 0.25) is 12.4 Å². The first-order valence-electron chi connectivity index (χ1n) is 6.93. The molecule has 2 aromatic rings. The molecular formula is C15H14N4O6. The summed E-state index contributed by atoms with van der Waals surface area (Å²) in [6, 6.07) is 6.26. The first-order valence-corrected chi connectivity index (χ1v) is 6.93. The molecule has 1 heterocycles. The van der Waals surface area contributed by atoms with Gasteiger partial charge in [-0.1, -0.05) is 0 Å². The number of carboxylic acids is 1. The molecule has 10 nitrogen and oxygen atoms in total. The van der Waals surface area contributed by atoms with Crippen molar-refractivity contribution in [1.82, 2.24) is 9.97 Å². The number of H-pyrrole nitrogens is 1. The monoisotopic (exact) mass is 346 g/mol. The number of nitrogens with one attached hydrogen (secondary N) is 2. The molecule has 25 heavy (non-hydrogen) atoms. The van der Waals surface area contributed by atoms with Gasteiger partial charge in [-0.2, -0.15) is 0 Å². The fraction of sp³-hybridized carbons (Fsp3) is 0.133. The highest BCUT2D eigenvalue weighted by atomic mass is 16.5. The summed E-state index contributed by atoms with van der Waals surface area (Å²) in [7, 11) is 1.50. The molecule has 0 spiro atoms. The summed E-state index contributed by atoms with van der Waals surface area (Å²) in [5.74, 6) is -1.37. The fourth-order valence-corrected chi connectivity index (χ4v) is 1.90. The van der Waals surface area contributed by atoms with E-state index in [9.17, 15) is 19.2 Å². The molecule has 2 rings (SSSR count). The lowest BCUT2D eigenvalue weighted by Crippen LogP contribution is -2.33. The standard InChI is InChI=1S/C15H14N4O6/c1-25-10-4-2-9(3-5-10)13(23)17-15-16-6-11(14(24)18-15)19(8-20)7-12(21)22/h2-6,8H,7H2,1H3,(H,21,22)(H2,16,17,18,23,24). The minimum Gasteiger partial charge on any atom is -0.497 e. The van der Waals surface area contributed by atoms with Crippen LogP contribution >= 0.6 is 0 Å². The van der Waals surface area contributed by atoms with Crippen molar-refractivity contribution < 1.29 is 24.2 Å². The maximum absolute atomic E-state index is 12.1. The van der Waals surface area contributed by atoms with Gasteiger partial charge in [-0.3, -0.25) is 34.4 Å². The molecule has 1 aromatic carbocycles. The Morgan fingerprint density at radius 3 is 2.56 bits per heavy atom. The van der Waals surface area contributed by atoms with Crippen LogP contribution in [0.3, 0.4) is 0 Å². The number of hydrogen-bond acceptors (Lipinski definition) is 6. The summed E-state index contributed by atoms with van der Waals surface area (Å²) in [5, 5.41) is 11.1. The Morgan fingerprint density at radius 1 is 1.36 bits per heavy atom. The number of ether oxygens (including phenoxy) is 1. The van der Waals surface area contributed by atoms with E-state index in [-0.39, 0.29) is 18.0 Å². The number of anilines is 2. The zero-order valence-electron chi connectivity index (χ0n) is 13.1. The molecule has 0 saturated carbocycles. The first-order chi connectivity index (χ1) is 11.9. The van der Waals surface area contributed by atoms with E-state index in [2.05, 4.69) is 15.3 Å². The molecule has 0 aliphatic heterocycles. The zero-order chi connectivity index (χ0) is 18.4. The van der Waals surface area contributed by atoms with Crippen molar-refractivity contribution in [2.75, 3.05) is 23.9 Å². The molecule has 0 fully saturated rings. The fourth-order valence-electron chi connectivity index (χ4n) is 1.90. The molecule has 0 aliphatic carbocycles. The molecular weight excluding hydrogens is 332 g/mol. The van der Waals surface area contributed by atoms with Gasteiger partial charge in [-0.05, 0) is 24.3 Å². The highest BCUT2D eigenvalue weighted by molar-refractivity contribution is 6.03. The summed E-state index contributed by atoms with van der Waals surface area (Å²) < 4.78 is 4.99. The van der Waals surface area contributed by atoms with Crippen LogP contribution in [-0.2, 0) is 9.59 Å². The van der Waals surface area contributed by atoms with E-state index in [1.807, 2.05) is 0 Å². The van der Waals surface area contributed by atoms with E-state index >= 15 is 0 Å². The molecule has 0 bridgehead atoms. The maximum atomic E-state index is 12.1. The maximum Gasteiger partial charge on any atom is 0.323 e. The molecule has 10 heteroatoms. The number of rotatable bonds is 7. The van der Waals surface area contributed by atoms with Gasteiger partial charge in [0.1, 0.15) is 18.0 Å². The van der Waals surface area contributed by atoms with Crippen LogP contribution in [0, 0.1) is 0 Å². The Morgan fingerprint density at radius 2 is 2.04 bits per heavy atom. The summed E-state index contributed by atoms with van der Waals surface area (Å²) in [5.41, 5.74) is -0.707. The van der Waals surface area contributed by atoms with Crippen LogP contribution in [0.1, 0.15) is 10.4 Å². The van der Waals surface area contributed by atoms with Crippen molar-refractivity contribution in [2.45, 2.75) is 0 Å². The van der Waals surface area contributed by atoms with Gasteiger partial charge in [0, 0.05) is 5.56 Å². The third-order valence-corrected chi connectivity index (χ3v) is 3.11. The zero-order valence-corrected chi connectivity index (χ0v) is 13.1. The van der Waals surface area contributed by atoms with Crippen molar-refractivity contribution in [1.29, 1.82) is 0 Å². The molecule has 0 aliphatic rings. The van der Waals surface area contributed by atoms with Gasteiger partial charge < -0.3 is 9.84 Å². The largest absolute Gasteiger partial charge is 0.497 e. The summed E-state index contributed by atoms with van der Waals surface area (Å²) >= 11 is 0. The van der Waals surface area contributed by atoms with E-state index in [0.717, 1.165) is 6.20 Å². The number of hydrogen-bond donors (Lipinski definition) is 3. The Balaban J connectivity index is 2.16. The van der Waals surface area contributed by atoms with Crippen molar-refractivity contribution in [3.63, 3.8) is 0 Å². The number of methoxy groups -OCH3 is 1. The van der Waals surface area contributed by atoms with Gasteiger partial charge in [0.05, 0.1) is 13.3 Å². The number of aromatic amines is 1. The van der Waals surface area contributed by atoms with Crippen LogP contribution in [0.5, 0.6) is 5.75 Å². The van der Waals surface area contributed by atoms with Crippen LogP contribution in [0.2, 0.25) is 0 Å². The average Bonchev–Trinajstić information content (AvgIpc) is 2.60. The van der Waals surface area contributed by atoms with Crippen molar-refractivity contribution >= 4 is 29.9 Å². The lowest BCUT2D eigenvalue weighted by Gasteiger charge is -2.13. The Bertz CT molecular complexity index is 846. The second-order valence-electron chi connectivity index (χ2n) is 4.76. The van der Waals surface area contributed by atoms with Crippen LogP contribution in [0.25, 0.3) is 0 Å². The predicted molar refractivity (Wildman–Crippen MR) is 86.9 cm³/mol. The van der Waals surface area contributed by atoms with E-state index in [1.54, 1.807) is 12.1 Å². The van der Waals surface area contributed by atoms with E-state index in [0.29, 0.717) is 16.2 Å². The van der Waals surface area contributed by atoms with Crippen LogP contribution < -0.4 is 20.5 Å². The van der Waals surface area contributed by atoms with Crippen molar-refractivity contribution in [3.05, 3.63) is 46.4 Å². The van der Waals surface area contributed by atoms with Gasteiger partial charge in [-0.15, -0.1) is 0 Å². The number of benzene rings is 1. The smallest absolute Gasteiger partial charge is 0.323 e. The van der Waals surface area contributed by atoms with Gasteiger partial charge >= 0.3 is 5.97 Å².